The quantitative estimate of drug-likeness (QED) is 0.768. The van der Waals surface area contributed by atoms with Crippen molar-refractivity contribution < 1.29 is 17.6 Å². The van der Waals surface area contributed by atoms with Crippen LogP contribution in [-0.2, 0) is 21.2 Å². The molecule has 1 amide bonds. The third-order valence-corrected chi connectivity index (χ3v) is 5.05. The van der Waals surface area contributed by atoms with E-state index in [1.165, 1.54) is 18.2 Å². The Hall–Kier alpha value is -2.41. The highest BCUT2D eigenvalue weighted by atomic mass is 32.2. The van der Waals surface area contributed by atoms with Crippen LogP contribution in [0.4, 0.5) is 10.1 Å². The number of para-hydroxylation sites is 1. The molecule has 2 aromatic carbocycles. The number of nitrogens with one attached hydrogen (secondary N) is 1. The molecule has 2 aromatic rings. The van der Waals surface area contributed by atoms with Crippen molar-refractivity contribution >= 4 is 21.6 Å². The summed E-state index contributed by atoms with van der Waals surface area (Å²) < 4.78 is 38.7. The number of amides is 1. The molecule has 26 heavy (non-hydrogen) atoms. The molecule has 2 rings (SSSR count). The van der Waals surface area contributed by atoms with E-state index >= 15 is 0 Å². The second kappa shape index (κ2) is 8.80. The normalized spacial score (nSPS) is 12.4. The molecular formula is C19H23FN2O3S. The monoisotopic (exact) mass is 378 g/mol. The van der Waals surface area contributed by atoms with Crippen molar-refractivity contribution in [1.29, 1.82) is 0 Å². The Bertz CT molecular complexity index is 841. The summed E-state index contributed by atoms with van der Waals surface area (Å²) in [6.07, 6.45) is 2.46. The predicted molar refractivity (Wildman–Crippen MR) is 101 cm³/mol. The summed E-state index contributed by atoms with van der Waals surface area (Å²) in [6.45, 7) is 1.39. The van der Waals surface area contributed by atoms with Gasteiger partial charge in [0.05, 0.1) is 11.9 Å². The molecule has 1 N–H and O–H groups in total. The summed E-state index contributed by atoms with van der Waals surface area (Å²) >= 11 is 0. The summed E-state index contributed by atoms with van der Waals surface area (Å²) in [7, 11) is -3.79. The van der Waals surface area contributed by atoms with Crippen LogP contribution in [0.15, 0.2) is 54.6 Å². The van der Waals surface area contributed by atoms with Crippen LogP contribution < -0.4 is 9.62 Å². The number of carbonyl (C=O) groups excluding carboxylic acids is 1. The molecule has 0 saturated heterocycles. The SMILES string of the molecule is CC(CCc1ccccc1)NC(=O)CN(c1ccccc1F)S(C)(=O)=O. The van der Waals surface area contributed by atoms with Gasteiger partial charge in [-0.3, -0.25) is 9.10 Å². The van der Waals surface area contributed by atoms with Crippen molar-refractivity contribution in [3.8, 4) is 0 Å². The Morgan fingerprint density at radius 2 is 1.73 bits per heavy atom. The molecule has 0 aliphatic rings. The zero-order valence-corrected chi connectivity index (χ0v) is 15.7. The van der Waals surface area contributed by atoms with Crippen LogP contribution in [0.3, 0.4) is 0 Å². The Labute approximate surface area is 153 Å². The number of aryl methyl sites for hydroxylation is 1. The van der Waals surface area contributed by atoms with E-state index in [9.17, 15) is 17.6 Å². The van der Waals surface area contributed by atoms with Gasteiger partial charge in [0.15, 0.2) is 0 Å². The lowest BCUT2D eigenvalue weighted by molar-refractivity contribution is -0.120. The maximum absolute atomic E-state index is 14.0. The van der Waals surface area contributed by atoms with Crippen LogP contribution in [0.2, 0.25) is 0 Å². The van der Waals surface area contributed by atoms with Gasteiger partial charge in [0.25, 0.3) is 0 Å². The summed E-state index contributed by atoms with van der Waals surface area (Å²) in [4.78, 5) is 12.3. The van der Waals surface area contributed by atoms with Gasteiger partial charge in [-0.05, 0) is 37.5 Å². The lowest BCUT2D eigenvalue weighted by Gasteiger charge is -2.23. The number of carbonyl (C=O) groups is 1. The van der Waals surface area contributed by atoms with Gasteiger partial charge in [0.1, 0.15) is 12.4 Å². The lowest BCUT2D eigenvalue weighted by Crippen LogP contribution is -2.43. The zero-order chi connectivity index (χ0) is 19.2. The second-order valence-electron chi connectivity index (χ2n) is 6.21. The van der Waals surface area contributed by atoms with E-state index in [0.29, 0.717) is 6.42 Å². The van der Waals surface area contributed by atoms with E-state index in [2.05, 4.69) is 5.32 Å². The largest absolute Gasteiger partial charge is 0.352 e. The molecule has 0 heterocycles. The highest BCUT2D eigenvalue weighted by Crippen LogP contribution is 2.21. The molecule has 0 aliphatic carbocycles. The van der Waals surface area contributed by atoms with Gasteiger partial charge in [0, 0.05) is 6.04 Å². The zero-order valence-electron chi connectivity index (χ0n) is 14.9. The summed E-state index contributed by atoms with van der Waals surface area (Å²) in [6, 6.07) is 15.2. The summed E-state index contributed by atoms with van der Waals surface area (Å²) in [5, 5.41) is 2.77. The van der Waals surface area contributed by atoms with Crippen molar-refractivity contribution in [2.75, 3.05) is 17.1 Å². The van der Waals surface area contributed by atoms with E-state index < -0.39 is 28.3 Å². The number of hydrogen-bond acceptors (Lipinski definition) is 3. The molecule has 1 atom stereocenters. The standard InChI is InChI=1S/C19H23FN2O3S/c1-15(12-13-16-8-4-3-5-9-16)21-19(23)14-22(26(2,24)25)18-11-7-6-10-17(18)20/h3-11,15H,12-14H2,1-2H3,(H,21,23). The number of hydrogen-bond donors (Lipinski definition) is 1. The predicted octanol–water partition coefficient (Wildman–Crippen LogP) is 2.73. The van der Waals surface area contributed by atoms with E-state index in [4.69, 9.17) is 0 Å². The van der Waals surface area contributed by atoms with Crippen molar-refractivity contribution in [2.45, 2.75) is 25.8 Å². The van der Waals surface area contributed by atoms with E-state index in [1.54, 1.807) is 0 Å². The molecule has 0 aromatic heterocycles. The third kappa shape index (κ3) is 5.84. The molecule has 0 saturated carbocycles. The minimum atomic E-state index is -3.79. The fourth-order valence-corrected chi connectivity index (χ4v) is 3.44. The number of anilines is 1. The van der Waals surface area contributed by atoms with Crippen molar-refractivity contribution in [2.24, 2.45) is 0 Å². The van der Waals surface area contributed by atoms with Crippen molar-refractivity contribution in [3.63, 3.8) is 0 Å². The first-order valence-corrected chi connectivity index (χ1v) is 10.2. The molecular weight excluding hydrogens is 355 g/mol. The smallest absolute Gasteiger partial charge is 0.240 e. The molecule has 0 spiro atoms. The first-order chi connectivity index (χ1) is 12.3. The van der Waals surface area contributed by atoms with Crippen LogP contribution in [0.5, 0.6) is 0 Å². The Balaban J connectivity index is 1.98. The first-order valence-electron chi connectivity index (χ1n) is 8.33. The third-order valence-electron chi connectivity index (χ3n) is 3.92. The minimum Gasteiger partial charge on any atom is -0.352 e. The number of benzene rings is 2. The fraction of sp³-hybridized carbons (Fsp3) is 0.316. The molecule has 0 aliphatic heterocycles. The average Bonchev–Trinajstić information content (AvgIpc) is 2.59. The first kappa shape index (κ1) is 19.9. The number of nitrogens with zero attached hydrogens (tertiary/aromatic N) is 1. The van der Waals surface area contributed by atoms with Crippen LogP contribution in [0.1, 0.15) is 18.9 Å². The number of halogens is 1. The summed E-state index contributed by atoms with van der Waals surface area (Å²) in [5.41, 5.74) is 1.03. The van der Waals surface area contributed by atoms with Gasteiger partial charge in [-0.25, -0.2) is 12.8 Å². The number of rotatable bonds is 8. The van der Waals surface area contributed by atoms with Gasteiger partial charge in [-0.15, -0.1) is 0 Å². The van der Waals surface area contributed by atoms with Crippen molar-refractivity contribution in [3.05, 3.63) is 66.0 Å². The van der Waals surface area contributed by atoms with Crippen LogP contribution >= 0.6 is 0 Å². The van der Waals surface area contributed by atoms with Crippen LogP contribution in [0.25, 0.3) is 0 Å². The van der Waals surface area contributed by atoms with Crippen molar-refractivity contribution in [1.82, 2.24) is 5.32 Å². The topological polar surface area (TPSA) is 66.5 Å². The summed E-state index contributed by atoms with van der Waals surface area (Å²) in [5.74, 6) is -1.16. The van der Waals surface area contributed by atoms with E-state index in [-0.39, 0.29) is 11.7 Å². The number of sulfonamides is 1. The maximum Gasteiger partial charge on any atom is 0.240 e. The van der Waals surface area contributed by atoms with Crippen LogP contribution in [0, 0.1) is 5.82 Å². The fourth-order valence-electron chi connectivity index (χ4n) is 2.59. The molecule has 0 radical (unpaired) electrons. The lowest BCUT2D eigenvalue weighted by atomic mass is 10.1. The molecule has 0 fully saturated rings. The van der Waals surface area contributed by atoms with E-state index in [1.807, 2.05) is 37.3 Å². The molecule has 1 unspecified atom stereocenters. The maximum atomic E-state index is 14.0. The van der Waals surface area contributed by atoms with Gasteiger partial charge < -0.3 is 5.32 Å². The Morgan fingerprint density at radius 3 is 2.35 bits per heavy atom. The Kier molecular flexibility index (Phi) is 6.74. The molecule has 0 bridgehead atoms. The van der Waals surface area contributed by atoms with Gasteiger partial charge in [0.2, 0.25) is 15.9 Å². The second-order valence-corrected chi connectivity index (χ2v) is 8.12. The average molecular weight is 378 g/mol. The highest BCUT2D eigenvalue weighted by Gasteiger charge is 2.23. The molecule has 140 valence electrons. The van der Waals surface area contributed by atoms with Gasteiger partial charge >= 0.3 is 0 Å². The Morgan fingerprint density at radius 1 is 1.12 bits per heavy atom. The minimum absolute atomic E-state index is 0.135. The molecule has 7 heteroatoms. The highest BCUT2D eigenvalue weighted by molar-refractivity contribution is 7.92. The van der Waals surface area contributed by atoms with Gasteiger partial charge in [-0.2, -0.15) is 0 Å². The van der Waals surface area contributed by atoms with E-state index in [0.717, 1.165) is 28.6 Å². The van der Waals surface area contributed by atoms with Crippen LogP contribution in [-0.4, -0.2) is 33.2 Å². The van der Waals surface area contributed by atoms with Gasteiger partial charge in [-0.1, -0.05) is 42.5 Å². The molecule has 5 nitrogen and oxygen atoms in total.